The number of aliphatic carboxylic acids is 1. The molecule has 0 bridgehead atoms. The fourth-order valence-corrected chi connectivity index (χ4v) is 2.35. The fourth-order valence-electron chi connectivity index (χ4n) is 2.35. The van der Waals surface area contributed by atoms with Crippen molar-refractivity contribution >= 4 is 11.8 Å². The van der Waals surface area contributed by atoms with E-state index in [1.807, 2.05) is 0 Å². The van der Waals surface area contributed by atoms with Crippen molar-refractivity contribution in [1.82, 2.24) is 9.99 Å². The molecule has 2 rings (SSSR count). The summed E-state index contributed by atoms with van der Waals surface area (Å²) < 4.78 is 78.6. The van der Waals surface area contributed by atoms with Crippen molar-refractivity contribution in [2.24, 2.45) is 0 Å². The van der Waals surface area contributed by atoms with E-state index < -0.39 is 52.7 Å². The average molecular weight is 380 g/mol. The van der Waals surface area contributed by atoms with Crippen molar-refractivity contribution in [3.8, 4) is 6.07 Å². The summed E-state index contributed by atoms with van der Waals surface area (Å²) in [5.41, 5.74) is -5.57. The van der Waals surface area contributed by atoms with Crippen LogP contribution < -0.4 is 5.01 Å². The number of carboxylic acids is 1. The maximum atomic E-state index is 13.2. The number of nitriles is 1. The number of carbonyl (C=O) groups is 1. The van der Waals surface area contributed by atoms with Crippen LogP contribution in [-0.4, -0.2) is 34.2 Å². The number of halogens is 6. The number of alkyl halides is 6. The minimum Gasteiger partial charge on any atom is -0.477 e. The van der Waals surface area contributed by atoms with Crippen LogP contribution in [0.25, 0.3) is 0 Å². The molecule has 1 unspecified atom stereocenters. The van der Waals surface area contributed by atoms with E-state index in [-0.39, 0.29) is 6.07 Å². The van der Waals surface area contributed by atoms with Crippen molar-refractivity contribution in [3.05, 3.63) is 34.7 Å². The van der Waals surface area contributed by atoms with Gasteiger partial charge in [-0.25, -0.2) is 19.8 Å². The molecular formula is C14H10F6N4O2. The van der Waals surface area contributed by atoms with E-state index in [2.05, 4.69) is 4.98 Å². The molecule has 0 fully saturated rings. The molecule has 1 aromatic heterocycles. The summed E-state index contributed by atoms with van der Waals surface area (Å²) in [5, 5.41) is 19.9. The molecule has 26 heavy (non-hydrogen) atoms. The Bertz CT molecular complexity index is 824. The first kappa shape index (κ1) is 19.5. The highest BCUT2D eigenvalue weighted by Gasteiger charge is 2.44. The summed E-state index contributed by atoms with van der Waals surface area (Å²) in [6, 6.07) is 0.242. The zero-order chi connectivity index (χ0) is 20.0. The van der Waals surface area contributed by atoms with Gasteiger partial charge in [0.1, 0.15) is 23.0 Å². The zero-order valence-electron chi connectivity index (χ0n) is 13.1. The monoisotopic (exact) mass is 380 g/mol. The smallest absolute Gasteiger partial charge is 0.433 e. The molecule has 2 heterocycles. The van der Waals surface area contributed by atoms with Gasteiger partial charge in [-0.15, -0.1) is 0 Å². The molecule has 1 N–H and O–H groups in total. The minimum absolute atomic E-state index is 0.272. The molecule has 0 radical (unpaired) electrons. The number of pyridine rings is 1. The van der Waals surface area contributed by atoms with Crippen LogP contribution in [0.3, 0.4) is 0 Å². The third-order valence-electron chi connectivity index (χ3n) is 3.66. The number of nitrogens with zero attached hydrogens (tertiary/aromatic N) is 4. The summed E-state index contributed by atoms with van der Waals surface area (Å²) in [6.45, 7) is 1.47. The molecule has 12 heteroatoms. The van der Waals surface area contributed by atoms with Crippen molar-refractivity contribution in [2.75, 3.05) is 12.1 Å². The van der Waals surface area contributed by atoms with Crippen LogP contribution in [0.2, 0.25) is 0 Å². The lowest BCUT2D eigenvalue weighted by atomic mass is 10.1. The third-order valence-corrected chi connectivity index (χ3v) is 3.66. The molecule has 0 saturated carbocycles. The summed E-state index contributed by atoms with van der Waals surface area (Å²) in [4.78, 5) is 14.5. The number of hydrogen-bond donors (Lipinski definition) is 1. The van der Waals surface area contributed by atoms with Crippen LogP contribution in [0.1, 0.15) is 23.7 Å². The van der Waals surface area contributed by atoms with Crippen LogP contribution >= 0.6 is 0 Å². The van der Waals surface area contributed by atoms with Crippen molar-refractivity contribution < 1.29 is 36.2 Å². The summed E-state index contributed by atoms with van der Waals surface area (Å²) in [7, 11) is 1.24. The molecule has 0 aliphatic carbocycles. The SMILES string of the molecule is CC1C=C(C(=O)O)N(c2nc(C(F)(F)F)cc(C(F)(F)F)c2C#N)N1C. The topological polar surface area (TPSA) is 80.5 Å². The number of aromatic nitrogens is 1. The van der Waals surface area contributed by atoms with Gasteiger partial charge in [0.2, 0.25) is 0 Å². The van der Waals surface area contributed by atoms with Gasteiger partial charge in [0, 0.05) is 13.1 Å². The Morgan fingerprint density at radius 3 is 2.27 bits per heavy atom. The molecule has 1 aliphatic heterocycles. The maximum absolute atomic E-state index is 13.2. The van der Waals surface area contributed by atoms with Gasteiger partial charge < -0.3 is 5.11 Å². The normalized spacial score (nSPS) is 18.7. The Balaban J connectivity index is 2.85. The van der Waals surface area contributed by atoms with Crippen molar-refractivity contribution in [3.63, 3.8) is 0 Å². The second-order valence-electron chi connectivity index (χ2n) is 5.34. The molecule has 140 valence electrons. The van der Waals surface area contributed by atoms with Gasteiger partial charge in [-0.1, -0.05) is 0 Å². The summed E-state index contributed by atoms with van der Waals surface area (Å²) in [6.07, 6.45) is -9.40. The highest BCUT2D eigenvalue weighted by atomic mass is 19.4. The highest BCUT2D eigenvalue weighted by Crippen LogP contribution is 2.41. The summed E-state index contributed by atoms with van der Waals surface area (Å²) >= 11 is 0. The largest absolute Gasteiger partial charge is 0.477 e. The number of hydrogen-bond acceptors (Lipinski definition) is 5. The number of anilines is 1. The first-order valence-corrected chi connectivity index (χ1v) is 6.86. The second kappa shape index (κ2) is 6.17. The number of likely N-dealkylation sites (N-methyl/N-ethyl adjacent to an activating group) is 1. The predicted molar refractivity (Wildman–Crippen MR) is 74.4 cm³/mol. The molecule has 0 amide bonds. The van der Waals surface area contributed by atoms with E-state index in [0.29, 0.717) is 5.01 Å². The number of hydrazine groups is 1. The second-order valence-corrected chi connectivity index (χ2v) is 5.34. The first-order chi connectivity index (χ1) is 11.8. The maximum Gasteiger partial charge on any atom is 0.433 e. The Morgan fingerprint density at radius 2 is 1.85 bits per heavy atom. The quantitative estimate of drug-likeness (QED) is 0.795. The minimum atomic E-state index is -5.28. The van der Waals surface area contributed by atoms with Gasteiger partial charge in [-0.3, -0.25) is 0 Å². The van der Waals surface area contributed by atoms with Crippen LogP contribution in [0.15, 0.2) is 17.8 Å². The molecule has 6 nitrogen and oxygen atoms in total. The Morgan fingerprint density at radius 1 is 1.27 bits per heavy atom. The van der Waals surface area contributed by atoms with Gasteiger partial charge in [0.05, 0.1) is 5.56 Å². The summed E-state index contributed by atoms with van der Waals surface area (Å²) in [5.74, 6) is -2.66. The van der Waals surface area contributed by atoms with Gasteiger partial charge in [-0.05, 0) is 19.1 Å². The van der Waals surface area contributed by atoms with E-state index in [4.69, 9.17) is 5.26 Å². The van der Waals surface area contributed by atoms with E-state index in [0.717, 1.165) is 11.1 Å². The third kappa shape index (κ3) is 3.30. The number of carboxylic acid groups (broad SMARTS) is 1. The van der Waals surface area contributed by atoms with Crippen LogP contribution in [-0.2, 0) is 17.1 Å². The average Bonchev–Trinajstić information content (AvgIpc) is 2.80. The molecule has 0 saturated heterocycles. The Labute approximate surface area is 142 Å². The molecule has 1 aromatic rings. The van der Waals surface area contributed by atoms with Crippen LogP contribution in [0.5, 0.6) is 0 Å². The molecule has 1 aliphatic rings. The Kier molecular flexibility index (Phi) is 4.63. The predicted octanol–water partition coefficient (Wildman–Crippen LogP) is 3.01. The van der Waals surface area contributed by atoms with Crippen molar-refractivity contribution in [1.29, 1.82) is 5.26 Å². The number of rotatable bonds is 2. The molecule has 1 atom stereocenters. The van der Waals surface area contributed by atoms with E-state index >= 15 is 0 Å². The Hall–Kier alpha value is -2.81. The lowest BCUT2D eigenvalue weighted by Crippen LogP contribution is -2.41. The van der Waals surface area contributed by atoms with Gasteiger partial charge in [0.15, 0.2) is 5.82 Å². The molecule has 0 aromatic carbocycles. The van der Waals surface area contributed by atoms with Crippen LogP contribution in [0.4, 0.5) is 32.2 Å². The van der Waals surface area contributed by atoms with Gasteiger partial charge >= 0.3 is 18.3 Å². The lowest BCUT2D eigenvalue weighted by Gasteiger charge is -2.31. The zero-order valence-corrected chi connectivity index (χ0v) is 13.1. The highest BCUT2D eigenvalue weighted by molar-refractivity contribution is 5.92. The fraction of sp³-hybridized carbons (Fsp3) is 0.357. The standard InChI is InChI=1S/C14H10F6N4O2/c1-6-3-9(12(25)26)24(23(6)2)11-7(5-21)8(13(15,16)17)4-10(22-11)14(18,19)20/h3-4,6H,1-2H3,(H,25,26). The van der Waals surface area contributed by atoms with E-state index in [1.165, 1.54) is 20.0 Å². The van der Waals surface area contributed by atoms with E-state index in [1.54, 1.807) is 0 Å². The van der Waals surface area contributed by atoms with E-state index in [9.17, 15) is 36.2 Å². The lowest BCUT2D eigenvalue weighted by molar-refractivity contribution is -0.145. The first-order valence-electron chi connectivity index (χ1n) is 6.86. The van der Waals surface area contributed by atoms with Crippen LogP contribution in [0, 0.1) is 11.3 Å². The van der Waals surface area contributed by atoms with Gasteiger partial charge in [-0.2, -0.15) is 31.6 Å². The van der Waals surface area contributed by atoms with Gasteiger partial charge in [0.25, 0.3) is 0 Å². The molecule has 0 spiro atoms. The molecular weight excluding hydrogens is 370 g/mol. The van der Waals surface area contributed by atoms with Crippen molar-refractivity contribution in [2.45, 2.75) is 25.3 Å².